The van der Waals surface area contributed by atoms with Crippen molar-refractivity contribution >= 4 is 0 Å². The monoisotopic (exact) mass is 362 g/mol. The average Bonchev–Trinajstić information content (AvgIpc) is 2.84. The van der Waals surface area contributed by atoms with Crippen LogP contribution in [0.1, 0.15) is 44.6 Å². The molecule has 2 unspecified atom stereocenters. The summed E-state index contributed by atoms with van der Waals surface area (Å²) >= 11 is 0. The van der Waals surface area contributed by atoms with E-state index in [9.17, 15) is 5.11 Å². The van der Waals surface area contributed by atoms with E-state index in [0.29, 0.717) is 12.3 Å². The van der Waals surface area contributed by atoms with Gasteiger partial charge in [-0.15, -0.1) is 0 Å². The van der Waals surface area contributed by atoms with Crippen molar-refractivity contribution in [1.29, 1.82) is 0 Å². The standard InChI is InChI=1S/C21H30O5/c1-20-18(13-15-7-4-3-5-8-15)14-17-10-6-9-16(11-12-22)21(17,26-25-20)19(23-2)24-20/h3-5,7-8,16-19,22H,6,9-14H2,1-2H3/t16-,17+,18?,19?,20+,21-/m0/s1. The molecule has 1 saturated carbocycles. The fourth-order valence-electron chi connectivity index (χ4n) is 5.38. The van der Waals surface area contributed by atoms with Gasteiger partial charge in [0.25, 0.3) is 0 Å². The van der Waals surface area contributed by atoms with Crippen molar-refractivity contribution in [2.75, 3.05) is 13.7 Å². The molecule has 0 radical (unpaired) electrons. The Morgan fingerprint density at radius 3 is 2.69 bits per heavy atom. The quantitative estimate of drug-likeness (QED) is 0.813. The first-order chi connectivity index (χ1) is 12.6. The Kier molecular flexibility index (Phi) is 5.10. The third kappa shape index (κ3) is 2.90. The van der Waals surface area contributed by atoms with Crippen LogP contribution in [-0.2, 0) is 25.7 Å². The zero-order valence-corrected chi connectivity index (χ0v) is 15.7. The predicted molar refractivity (Wildman–Crippen MR) is 96.0 cm³/mol. The maximum atomic E-state index is 9.58. The topological polar surface area (TPSA) is 57.2 Å². The van der Waals surface area contributed by atoms with Gasteiger partial charge in [0, 0.05) is 19.6 Å². The fourth-order valence-corrected chi connectivity index (χ4v) is 5.38. The molecule has 4 fully saturated rings. The van der Waals surface area contributed by atoms with Crippen molar-refractivity contribution in [3.05, 3.63) is 35.9 Å². The van der Waals surface area contributed by atoms with Crippen molar-refractivity contribution in [3.8, 4) is 0 Å². The minimum absolute atomic E-state index is 0.143. The number of benzene rings is 1. The van der Waals surface area contributed by atoms with E-state index in [1.807, 2.05) is 13.0 Å². The molecule has 2 bridgehead atoms. The molecule has 1 aliphatic carbocycles. The predicted octanol–water partition coefficient (Wildman–Crippen LogP) is 3.45. The Balaban J connectivity index is 1.68. The third-order valence-electron chi connectivity index (χ3n) is 6.77. The summed E-state index contributed by atoms with van der Waals surface area (Å²) in [5, 5.41) is 9.58. The number of hydrogen-bond donors (Lipinski definition) is 1. The van der Waals surface area contributed by atoms with Crippen molar-refractivity contribution in [3.63, 3.8) is 0 Å². The smallest absolute Gasteiger partial charge is 0.204 e. The summed E-state index contributed by atoms with van der Waals surface area (Å²) in [7, 11) is 1.68. The molecule has 144 valence electrons. The summed E-state index contributed by atoms with van der Waals surface area (Å²) < 4.78 is 12.2. The minimum atomic E-state index is -0.830. The van der Waals surface area contributed by atoms with Gasteiger partial charge in [-0.25, -0.2) is 9.78 Å². The number of aliphatic hydroxyl groups excluding tert-OH is 1. The highest BCUT2D eigenvalue weighted by atomic mass is 17.3. The van der Waals surface area contributed by atoms with Crippen molar-refractivity contribution in [2.24, 2.45) is 17.8 Å². The van der Waals surface area contributed by atoms with Crippen LogP contribution in [0.15, 0.2) is 30.3 Å². The van der Waals surface area contributed by atoms with Gasteiger partial charge in [0.15, 0.2) is 11.9 Å². The van der Waals surface area contributed by atoms with Gasteiger partial charge in [-0.2, -0.15) is 0 Å². The maximum absolute atomic E-state index is 9.58. The van der Waals surface area contributed by atoms with E-state index in [0.717, 1.165) is 32.1 Å². The number of ether oxygens (including phenoxy) is 2. The van der Waals surface area contributed by atoms with Gasteiger partial charge >= 0.3 is 0 Å². The van der Waals surface area contributed by atoms with Crippen LogP contribution in [0.25, 0.3) is 0 Å². The number of aliphatic hydroxyl groups is 1. The molecule has 1 N–H and O–H groups in total. The Bertz CT molecular complexity index is 606. The lowest BCUT2D eigenvalue weighted by Crippen LogP contribution is -2.63. The fraction of sp³-hybridized carbons (Fsp3) is 0.714. The zero-order valence-electron chi connectivity index (χ0n) is 15.7. The van der Waals surface area contributed by atoms with E-state index in [4.69, 9.17) is 19.2 Å². The van der Waals surface area contributed by atoms with Crippen molar-refractivity contribution in [2.45, 2.75) is 63.1 Å². The van der Waals surface area contributed by atoms with Crippen LogP contribution in [0.5, 0.6) is 0 Å². The zero-order chi connectivity index (χ0) is 18.2. The molecular formula is C21H30O5. The molecule has 1 aromatic carbocycles. The summed E-state index contributed by atoms with van der Waals surface area (Å²) in [5.41, 5.74) is 0.655. The molecule has 1 spiro atoms. The molecule has 5 heteroatoms. The first-order valence-electron chi connectivity index (χ1n) is 9.84. The van der Waals surface area contributed by atoms with Crippen LogP contribution in [0.2, 0.25) is 0 Å². The van der Waals surface area contributed by atoms with Crippen LogP contribution in [0.4, 0.5) is 0 Å². The van der Waals surface area contributed by atoms with E-state index in [1.165, 1.54) is 5.56 Å². The molecule has 5 nitrogen and oxygen atoms in total. The second kappa shape index (κ2) is 7.21. The van der Waals surface area contributed by atoms with E-state index in [2.05, 4.69) is 24.3 Å². The molecular weight excluding hydrogens is 332 g/mol. The molecule has 3 heterocycles. The van der Waals surface area contributed by atoms with E-state index < -0.39 is 17.7 Å². The van der Waals surface area contributed by atoms with Gasteiger partial charge in [0.05, 0.1) is 0 Å². The Morgan fingerprint density at radius 2 is 1.96 bits per heavy atom. The van der Waals surface area contributed by atoms with Gasteiger partial charge in [-0.05, 0) is 56.4 Å². The van der Waals surface area contributed by atoms with Crippen LogP contribution in [0.3, 0.4) is 0 Å². The molecule has 4 aliphatic rings. The van der Waals surface area contributed by atoms with Gasteiger partial charge in [-0.1, -0.05) is 36.8 Å². The van der Waals surface area contributed by atoms with E-state index in [-0.39, 0.29) is 18.4 Å². The summed E-state index contributed by atoms with van der Waals surface area (Å²) in [4.78, 5) is 12.1. The van der Waals surface area contributed by atoms with Crippen LogP contribution < -0.4 is 0 Å². The third-order valence-corrected chi connectivity index (χ3v) is 6.77. The lowest BCUT2D eigenvalue weighted by molar-refractivity contribution is -0.560. The first kappa shape index (κ1) is 18.4. The minimum Gasteiger partial charge on any atom is -0.396 e. The molecule has 1 aromatic rings. The van der Waals surface area contributed by atoms with E-state index in [1.54, 1.807) is 7.11 Å². The molecule has 0 amide bonds. The second-order valence-corrected chi connectivity index (χ2v) is 8.18. The average molecular weight is 362 g/mol. The molecule has 3 saturated heterocycles. The lowest BCUT2D eigenvalue weighted by atomic mass is 9.64. The Hall–Kier alpha value is -0.980. The largest absolute Gasteiger partial charge is 0.396 e. The van der Waals surface area contributed by atoms with Crippen LogP contribution in [-0.4, -0.2) is 36.5 Å². The number of methoxy groups -OCH3 is 1. The highest BCUT2D eigenvalue weighted by molar-refractivity contribution is 5.17. The molecule has 6 atom stereocenters. The Labute approximate surface area is 155 Å². The molecule has 26 heavy (non-hydrogen) atoms. The summed E-state index contributed by atoms with van der Waals surface area (Å²) in [6, 6.07) is 10.5. The number of fused-ring (bicyclic) bond motifs is 3. The van der Waals surface area contributed by atoms with Crippen molar-refractivity contribution < 1.29 is 24.4 Å². The van der Waals surface area contributed by atoms with Gasteiger partial charge in [0.2, 0.25) is 5.79 Å². The highest BCUT2D eigenvalue weighted by Crippen LogP contribution is 2.57. The van der Waals surface area contributed by atoms with Gasteiger partial charge in [-0.3, -0.25) is 0 Å². The first-order valence-corrected chi connectivity index (χ1v) is 9.84. The summed E-state index contributed by atoms with van der Waals surface area (Å²) in [5.74, 6) is -0.167. The molecule has 3 aliphatic heterocycles. The number of rotatable bonds is 5. The second-order valence-electron chi connectivity index (χ2n) is 8.18. The summed E-state index contributed by atoms with van der Waals surface area (Å²) in [6.45, 7) is 2.11. The van der Waals surface area contributed by atoms with Gasteiger partial charge in [0.1, 0.15) is 0 Å². The van der Waals surface area contributed by atoms with Gasteiger partial charge < -0.3 is 14.6 Å². The van der Waals surface area contributed by atoms with Crippen LogP contribution >= 0.6 is 0 Å². The molecule has 5 rings (SSSR count). The van der Waals surface area contributed by atoms with Crippen molar-refractivity contribution in [1.82, 2.24) is 0 Å². The normalized spacial score (nSPS) is 42.3. The van der Waals surface area contributed by atoms with E-state index >= 15 is 0 Å². The lowest BCUT2D eigenvalue weighted by Gasteiger charge is -2.53. The summed E-state index contributed by atoms with van der Waals surface area (Å²) in [6.07, 6.45) is 5.31. The SMILES string of the molecule is COC1O[C@]2(C)OO[C@]13[C@H](CCO)CCC[C@@H]3CC2Cc1ccccc1. The van der Waals surface area contributed by atoms with Crippen LogP contribution in [0, 0.1) is 17.8 Å². The maximum Gasteiger partial charge on any atom is 0.204 e. The Morgan fingerprint density at radius 1 is 1.15 bits per heavy atom. The highest BCUT2D eigenvalue weighted by Gasteiger charge is 2.65. The number of hydrogen-bond acceptors (Lipinski definition) is 5. The molecule has 0 aromatic heterocycles.